The molecule has 1 aliphatic rings. The molecule has 0 radical (unpaired) electrons. The Bertz CT molecular complexity index is 1580. The van der Waals surface area contributed by atoms with Crippen molar-refractivity contribution in [1.82, 2.24) is 4.90 Å². The number of anilines is 1. The number of imide groups is 1. The van der Waals surface area contributed by atoms with E-state index in [2.05, 4.69) is 5.32 Å². The van der Waals surface area contributed by atoms with E-state index >= 15 is 0 Å². The Labute approximate surface area is 257 Å². The summed E-state index contributed by atoms with van der Waals surface area (Å²) in [5.41, 5.74) is 0.0733. The number of ether oxygens (including phenoxy) is 2. The van der Waals surface area contributed by atoms with Crippen LogP contribution in [0.3, 0.4) is 0 Å². The molecule has 0 bridgehead atoms. The molecule has 3 amide bonds. The third kappa shape index (κ3) is 7.71. The molecule has 3 aromatic carbocycles. The van der Waals surface area contributed by atoms with Crippen LogP contribution in [0.25, 0.3) is 6.08 Å². The van der Waals surface area contributed by atoms with Crippen molar-refractivity contribution in [2.24, 2.45) is 0 Å². The van der Waals surface area contributed by atoms with E-state index in [1.807, 2.05) is 0 Å². The molecule has 42 heavy (non-hydrogen) atoms. The first-order valence-electron chi connectivity index (χ1n) is 12.1. The first kappa shape index (κ1) is 31.6. The topological polar surface area (TPSA) is 84.9 Å². The lowest BCUT2D eigenvalue weighted by Gasteiger charge is -2.15. The molecule has 1 aliphatic heterocycles. The summed E-state index contributed by atoms with van der Waals surface area (Å²) in [6.07, 6.45) is -3.19. The van der Waals surface area contributed by atoms with E-state index in [9.17, 15) is 27.6 Å². The normalized spacial score (nSPS) is 14.5. The van der Waals surface area contributed by atoms with Crippen LogP contribution in [0.1, 0.15) is 23.6 Å². The minimum absolute atomic E-state index is 0.00913. The van der Waals surface area contributed by atoms with Gasteiger partial charge in [0.1, 0.15) is 13.2 Å². The van der Waals surface area contributed by atoms with E-state index in [4.69, 9.17) is 44.3 Å². The lowest BCUT2D eigenvalue weighted by atomic mass is 10.1. The Morgan fingerprint density at radius 1 is 1.00 bits per heavy atom. The zero-order valence-corrected chi connectivity index (χ0v) is 24.6. The molecule has 14 heteroatoms. The number of halogens is 6. The number of carbonyl (C=O) groups is 3. The lowest BCUT2D eigenvalue weighted by molar-refractivity contribution is -0.137. The van der Waals surface area contributed by atoms with Crippen molar-refractivity contribution >= 4 is 75.4 Å². The number of rotatable bonds is 9. The maximum atomic E-state index is 13.0. The summed E-state index contributed by atoms with van der Waals surface area (Å²) in [4.78, 5) is 38.6. The third-order valence-electron chi connectivity index (χ3n) is 5.65. The number of benzene rings is 3. The van der Waals surface area contributed by atoms with E-state index in [-0.39, 0.29) is 40.3 Å². The fourth-order valence-corrected chi connectivity index (χ4v) is 5.20. The van der Waals surface area contributed by atoms with Crippen molar-refractivity contribution in [3.05, 3.63) is 91.3 Å². The molecular weight excluding hydrogens is 640 g/mol. The standard InChI is InChI=1S/C28H20Cl3F3N2O5S/c1-2-40-22-10-16(9-21(31)25(22)41-14-15-6-7-19(29)20(30)8-15)11-23-26(38)36(27(39)42-23)13-24(37)35-18-5-3-4-17(12-18)28(32,33)34/h3-12H,2,13-14H2,1H3,(H,35,37)/b23-11-. The summed E-state index contributed by atoms with van der Waals surface area (Å²) >= 11 is 19.1. The summed E-state index contributed by atoms with van der Waals surface area (Å²) in [5, 5.41) is 2.50. The summed E-state index contributed by atoms with van der Waals surface area (Å²) in [6.45, 7) is 1.46. The molecular formula is C28H20Cl3F3N2O5S. The van der Waals surface area contributed by atoms with Crippen molar-refractivity contribution in [1.29, 1.82) is 0 Å². The molecule has 1 N–H and O–H groups in total. The maximum absolute atomic E-state index is 13.0. The Morgan fingerprint density at radius 3 is 2.45 bits per heavy atom. The van der Waals surface area contributed by atoms with Gasteiger partial charge in [0.15, 0.2) is 11.5 Å². The summed E-state index contributed by atoms with van der Waals surface area (Å²) in [5.74, 6) is -1.06. The number of nitrogens with one attached hydrogen (secondary N) is 1. The predicted molar refractivity (Wildman–Crippen MR) is 156 cm³/mol. The molecule has 0 atom stereocenters. The van der Waals surface area contributed by atoms with Crippen LogP contribution in [0.4, 0.5) is 23.7 Å². The Morgan fingerprint density at radius 2 is 1.76 bits per heavy atom. The largest absolute Gasteiger partial charge is 0.490 e. The molecule has 0 aliphatic carbocycles. The number of hydrogen-bond donors (Lipinski definition) is 1. The van der Waals surface area contributed by atoms with Gasteiger partial charge >= 0.3 is 6.18 Å². The zero-order valence-electron chi connectivity index (χ0n) is 21.6. The Kier molecular flexibility index (Phi) is 9.98. The second-order valence-electron chi connectivity index (χ2n) is 8.69. The van der Waals surface area contributed by atoms with Gasteiger partial charge in [0.2, 0.25) is 5.91 Å². The molecule has 1 heterocycles. The number of carbonyl (C=O) groups excluding carboxylic acids is 3. The molecule has 0 aromatic heterocycles. The Balaban J connectivity index is 1.48. The predicted octanol–water partition coefficient (Wildman–Crippen LogP) is 8.32. The minimum Gasteiger partial charge on any atom is -0.490 e. The average molecular weight is 660 g/mol. The highest BCUT2D eigenvalue weighted by molar-refractivity contribution is 8.18. The first-order valence-corrected chi connectivity index (χ1v) is 14.1. The van der Waals surface area contributed by atoms with Crippen molar-refractivity contribution in [3.63, 3.8) is 0 Å². The van der Waals surface area contributed by atoms with E-state index in [1.165, 1.54) is 18.2 Å². The number of hydrogen-bond acceptors (Lipinski definition) is 6. The van der Waals surface area contributed by atoms with Crippen molar-refractivity contribution in [2.45, 2.75) is 19.7 Å². The van der Waals surface area contributed by atoms with E-state index in [0.29, 0.717) is 32.3 Å². The smallest absolute Gasteiger partial charge is 0.416 e. The molecule has 4 rings (SSSR count). The van der Waals surface area contributed by atoms with Crippen LogP contribution >= 0.6 is 46.6 Å². The minimum atomic E-state index is -4.60. The van der Waals surface area contributed by atoms with Crippen LogP contribution < -0.4 is 14.8 Å². The highest BCUT2D eigenvalue weighted by atomic mass is 35.5. The summed E-state index contributed by atoms with van der Waals surface area (Å²) in [7, 11) is 0. The van der Waals surface area contributed by atoms with Gasteiger partial charge < -0.3 is 14.8 Å². The average Bonchev–Trinajstić information content (AvgIpc) is 3.17. The third-order valence-corrected chi connectivity index (χ3v) is 7.57. The number of amides is 3. The molecule has 1 saturated heterocycles. The molecule has 0 spiro atoms. The second-order valence-corrected chi connectivity index (χ2v) is 10.9. The van der Waals surface area contributed by atoms with Gasteiger partial charge in [0.05, 0.1) is 32.1 Å². The quantitative estimate of drug-likeness (QED) is 0.233. The molecule has 0 saturated carbocycles. The fourth-order valence-electron chi connectivity index (χ4n) is 3.76. The summed E-state index contributed by atoms with van der Waals surface area (Å²) in [6, 6.07) is 12.1. The SMILES string of the molecule is CCOc1cc(/C=C2\SC(=O)N(CC(=O)Nc3cccc(C(F)(F)F)c3)C2=O)cc(Cl)c1OCc1ccc(Cl)c(Cl)c1. The van der Waals surface area contributed by atoms with Gasteiger partial charge in [-0.2, -0.15) is 13.2 Å². The Hall–Kier alpha value is -3.38. The monoisotopic (exact) mass is 658 g/mol. The molecule has 0 unspecified atom stereocenters. The van der Waals surface area contributed by atoms with Gasteiger partial charge in [-0.3, -0.25) is 19.3 Å². The van der Waals surface area contributed by atoms with Gasteiger partial charge in [0, 0.05) is 5.69 Å². The number of nitrogens with zero attached hydrogens (tertiary/aromatic N) is 1. The molecule has 1 fully saturated rings. The van der Waals surface area contributed by atoms with Crippen LogP contribution in [0.15, 0.2) is 59.5 Å². The van der Waals surface area contributed by atoms with Gasteiger partial charge in [-0.25, -0.2) is 0 Å². The summed E-state index contributed by atoms with van der Waals surface area (Å²) < 4.78 is 50.4. The van der Waals surface area contributed by atoms with Gasteiger partial charge in [0.25, 0.3) is 11.1 Å². The van der Waals surface area contributed by atoms with Crippen LogP contribution in [0.5, 0.6) is 11.5 Å². The fraction of sp³-hybridized carbons (Fsp3) is 0.179. The van der Waals surface area contributed by atoms with Gasteiger partial charge in [-0.15, -0.1) is 0 Å². The molecule has 220 valence electrons. The highest BCUT2D eigenvalue weighted by Gasteiger charge is 2.36. The van der Waals surface area contributed by atoms with Crippen molar-refractivity contribution in [2.75, 3.05) is 18.5 Å². The van der Waals surface area contributed by atoms with Gasteiger partial charge in [-0.1, -0.05) is 46.9 Å². The molecule has 3 aromatic rings. The van der Waals surface area contributed by atoms with Crippen molar-refractivity contribution < 1.29 is 37.0 Å². The van der Waals surface area contributed by atoms with E-state index in [0.717, 1.165) is 23.8 Å². The van der Waals surface area contributed by atoms with Gasteiger partial charge in [-0.05, 0) is 78.4 Å². The van der Waals surface area contributed by atoms with E-state index < -0.39 is 35.3 Å². The van der Waals surface area contributed by atoms with Crippen LogP contribution in [0, 0.1) is 0 Å². The molecule has 7 nitrogen and oxygen atoms in total. The maximum Gasteiger partial charge on any atom is 0.416 e. The number of thioether (sulfide) groups is 1. The first-order chi connectivity index (χ1) is 19.8. The van der Waals surface area contributed by atoms with Crippen LogP contribution in [-0.2, 0) is 22.4 Å². The number of alkyl halides is 3. The van der Waals surface area contributed by atoms with Crippen LogP contribution in [-0.4, -0.2) is 35.1 Å². The van der Waals surface area contributed by atoms with E-state index in [1.54, 1.807) is 31.2 Å². The highest BCUT2D eigenvalue weighted by Crippen LogP contribution is 2.40. The second kappa shape index (κ2) is 13.3. The zero-order chi connectivity index (χ0) is 30.6. The van der Waals surface area contributed by atoms with Crippen LogP contribution in [0.2, 0.25) is 15.1 Å². The lowest BCUT2D eigenvalue weighted by Crippen LogP contribution is -2.36. The van der Waals surface area contributed by atoms with Crippen molar-refractivity contribution in [3.8, 4) is 11.5 Å².